The molecule has 1 fully saturated rings. The van der Waals surface area contributed by atoms with Crippen molar-refractivity contribution in [1.82, 2.24) is 14.8 Å². The molecule has 3 heterocycles. The summed E-state index contributed by atoms with van der Waals surface area (Å²) < 4.78 is 7.63. The van der Waals surface area contributed by atoms with Gasteiger partial charge in [-0.3, -0.25) is 0 Å². The Bertz CT molecular complexity index is 653. The van der Waals surface area contributed by atoms with E-state index in [-0.39, 0.29) is 18.3 Å². The molecule has 1 unspecified atom stereocenters. The fraction of sp³-hybridized carbons (Fsp3) is 0.500. The van der Waals surface area contributed by atoms with Crippen LogP contribution in [-0.4, -0.2) is 51.3 Å². The van der Waals surface area contributed by atoms with Gasteiger partial charge in [-0.1, -0.05) is 6.07 Å². The van der Waals surface area contributed by atoms with E-state index in [2.05, 4.69) is 10.00 Å². The molecule has 0 aromatic carbocycles. The second kappa shape index (κ2) is 5.70. The molecule has 0 saturated carbocycles. The van der Waals surface area contributed by atoms with Crippen molar-refractivity contribution < 1.29 is 9.84 Å². The summed E-state index contributed by atoms with van der Waals surface area (Å²) in [4.78, 5) is 6.86. The zero-order valence-corrected chi connectivity index (χ0v) is 13.2. The van der Waals surface area contributed by atoms with Crippen LogP contribution in [0.15, 0.2) is 30.6 Å². The van der Waals surface area contributed by atoms with Crippen molar-refractivity contribution in [2.45, 2.75) is 32.5 Å². The molecule has 0 aliphatic carbocycles. The monoisotopic (exact) mass is 302 g/mol. The number of anilines is 1. The van der Waals surface area contributed by atoms with E-state index in [4.69, 9.17) is 9.72 Å². The third-order valence-corrected chi connectivity index (χ3v) is 3.68. The lowest BCUT2D eigenvalue weighted by atomic mass is 10.1. The van der Waals surface area contributed by atoms with Crippen molar-refractivity contribution in [3.05, 3.63) is 36.2 Å². The zero-order valence-electron chi connectivity index (χ0n) is 13.2. The van der Waals surface area contributed by atoms with Gasteiger partial charge in [0.1, 0.15) is 5.82 Å². The van der Waals surface area contributed by atoms with Crippen molar-refractivity contribution in [3.63, 3.8) is 0 Å². The lowest BCUT2D eigenvalue weighted by Gasteiger charge is -2.42. The van der Waals surface area contributed by atoms with Crippen molar-refractivity contribution >= 4 is 5.82 Å². The summed E-state index contributed by atoms with van der Waals surface area (Å²) in [7, 11) is 0. The van der Waals surface area contributed by atoms with E-state index in [1.807, 2.05) is 51.4 Å². The number of aromatic nitrogens is 3. The summed E-state index contributed by atoms with van der Waals surface area (Å²) in [6, 6.07) is 5.89. The maximum Gasteiger partial charge on any atom is 0.155 e. The lowest BCUT2D eigenvalue weighted by Crippen LogP contribution is -2.54. The summed E-state index contributed by atoms with van der Waals surface area (Å²) in [5.74, 6) is 1.66. The van der Waals surface area contributed by atoms with Gasteiger partial charge in [-0.2, -0.15) is 5.10 Å². The predicted octanol–water partition coefficient (Wildman–Crippen LogP) is 1.55. The molecule has 3 rings (SSSR count). The average molecular weight is 302 g/mol. The number of nitrogens with zero attached hydrogens (tertiary/aromatic N) is 4. The summed E-state index contributed by atoms with van der Waals surface area (Å²) in [5.41, 5.74) is 0.783. The fourth-order valence-corrected chi connectivity index (χ4v) is 2.82. The predicted molar refractivity (Wildman–Crippen MR) is 84.3 cm³/mol. The number of aliphatic hydroxyl groups excluding tert-OH is 1. The number of rotatable bonds is 3. The molecule has 2 aromatic heterocycles. The number of hydrogen-bond acceptors (Lipinski definition) is 5. The van der Waals surface area contributed by atoms with Gasteiger partial charge in [0.15, 0.2) is 5.82 Å². The Labute approximate surface area is 130 Å². The summed E-state index contributed by atoms with van der Waals surface area (Å²) >= 11 is 0. The standard InChI is InChI=1S/C16H22N4O2/c1-12-7-17-20(8-12)15-6-4-5-14(18-15)19-9-13(10-21)22-16(2,3)11-19/h4-8,13,21H,9-11H2,1-3H3. The van der Waals surface area contributed by atoms with E-state index in [0.29, 0.717) is 6.54 Å². The molecule has 118 valence electrons. The third-order valence-electron chi connectivity index (χ3n) is 3.68. The lowest BCUT2D eigenvalue weighted by molar-refractivity contribution is -0.101. The Morgan fingerprint density at radius 3 is 2.82 bits per heavy atom. The second-order valence-electron chi connectivity index (χ2n) is 6.38. The quantitative estimate of drug-likeness (QED) is 0.932. The Kier molecular flexibility index (Phi) is 3.88. The first-order chi connectivity index (χ1) is 10.5. The van der Waals surface area contributed by atoms with Crippen LogP contribution in [0.1, 0.15) is 19.4 Å². The summed E-state index contributed by atoms with van der Waals surface area (Å²) in [5, 5.41) is 13.7. The number of ether oxygens (including phenoxy) is 1. The molecule has 2 aromatic rings. The molecule has 0 spiro atoms. The summed E-state index contributed by atoms with van der Waals surface area (Å²) in [6.07, 6.45) is 3.57. The van der Waals surface area contributed by atoms with Crippen LogP contribution in [0.4, 0.5) is 5.82 Å². The van der Waals surface area contributed by atoms with Crippen LogP contribution in [0, 0.1) is 6.92 Å². The maximum atomic E-state index is 9.44. The molecule has 0 amide bonds. The highest BCUT2D eigenvalue weighted by Crippen LogP contribution is 2.25. The van der Waals surface area contributed by atoms with Crippen LogP contribution in [0.5, 0.6) is 0 Å². The second-order valence-corrected chi connectivity index (χ2v) is 6.38. The first-order valence-electron chi connectivity index (χ1n) is 7.49. The smallest absolute Gasteiger partial charge is 0.155 e. The molecule has 1 atom stereocenters. The van der Waals surface area contributed by atoms with Crippen LogP contribution in [0.25, 0.3) is 5.82 Å². The van der Waals surface area contributed by atoms with Crippen LogP contribution >= 0.6 is 0 Å². The molecule has 1 saturated heterocycles. The van der Waals surface area contributed by atoms with E-state index < -0.39 is 0 Å². The number of morpholine rings is 1. The normalized spacial score (nSPS) is 21.1. The van der Waals surface area contributed by atoms with E-state index >= 15 is 0 Å². The maximum absolute atomic E-state index is 9.44. The van der Waals surface area contributed by atoms with E-state index in [1.165, 1.54) is 0 Å². The van der Waals surface area contributed by atoms with Gasteiger partial charge in [0.2, 0.25) is 0 Å². The van der Waals surface area contributed by atoms with Crippen molar-refractivity contribution in [3.8, 4) is 5.82 Å². The van der Waals surface area contributed by atoms with Gasteiger partial charge >= 0.3 is 0 Å². The van der Waals surface area contributed by atoms with E-state index in [0.717, 1.165) is 23.7 Å². The number of hydrogen-bond donors (Lipinski definition) is 1. The van der Waals surface area contributed by atoms with Crippen molar-refractivity contribution in [2.24, 2.45) is 0 Å². The van der Waals surface area contributed by atoms with Gasteiger partial charge in [0.05, 0.1) is 24.5 Å². The van der Waals surface area contributed by atoms with Gasteiger partial charge < -0.3 is 14.7 Å². The minimum Gasteiger partial charge on any atom is -0.394 e. The first-order valence-corrected chi connectivity index (χ1v) is 7.49. The Balaban J connectivity index is 1.88. The largest absolute Gasteiger partial charge is 0.394 e. The third kappa shape index (κ3) is 3.13. The molecule has 0 radical (unpaired) electrons. The van der Waals surface area contributed by atoms with Gasteiger partial charge in [0, 0.05) is 19.3 Å². The highest BCUT2D eigenvalue weighted by atomic mass is 16.5. The van der Waals surface area contributed by atoms with Crippen LogP contribution in [-0.2, 0) is 4.74 Å². The van der Waals surface area contributed by atoms with E-state index in [1.54, 1.807) is 4.68 Å². The molecule has 22 heavy (non-hydrogen) atoms. The van der Waals surface area contributed by atoms with Crippen LogP contribution in [0.2, 0.25) is 0 Å². The molecule has 1 N–H and O–H groups in total. The first kappa shape index (κ1) is 15.0. The number of aliphatic hydroxyl groups is 1. The van der Waals surface area contributed by atoms with Crippen molar-refractivity contribution in [1.29, 1.82) is 0 Å². The molecule has 6 nitrogen and oxygen atoms in total. The topological polar surface area (TPSA) is 63.4 Å². The number of aryl methyl sites for hydroxylation is 1. The minimum atomic E-state index is -0.314. The Morgan fingerprint density at radius 1 is 1.36 bits per heavy atom. The number of pyridine rings is 1. The molecule has 1 aliphatic rings. The van der Waals surface area contributed by atoms with Gasteiger partial charge in [-0.25, -0.2) is 9.67 Å². The van der Waals surface area contributed by atoms with Gasteiger partial charge in [-0.05, 0) is 38.5 Å². The highest BCUT2D eigenvalue weighted by Gasteiger charge is 2.33. The zero-order chi connectivity index (χ0) is 15.7. The molecule has 6 heteroatoms. The minimum absolute atomic E-state index is 0.0119. The van der Waals surface area contributed by atoms with Crippen LogP contribution in [0.3, 0.4) is 0 Å². The summed E-state index contributed by atoms with van der Waals surface area (Å²) in [6.45, 7) is 7.44. The molecular weight excluding hydrogens is 280 g/mol. The van der Waals surface area contributed by atoms with Crippen LogP contribution < -0.4 is 4.90 Å². The van der Waals surface area contributed by atoms with Gasteiger partial charge in [-0.15, -0.1) is 0 Å². The highest BCUT2D eigenvalue weighted by molar-refractivity contribution is 5.43. The Morgan fingerprint density at radius 2 is 2.14 bits per heavy atom. The SMILES string of the molecule is Cc1cnn(-c2cccc(N3CC(CO)OC(C)(C)C3)n2)c1. The Hall–Kier alpha value is -1.92. The van der Waals surface area contributed by atoms with Crippen molar-refractivity contribution in [2.75, 3.05) is 24.6 Å². The molecular formula is C16H22N4O2. The van der Waals surface area contributed by atoms with E-state index in [9.17, 15) is 5.11 Å². The molecule has 1 aliphatic heterocycles. The fourth-order valence-electron chi connectivity index (χ4n) is 2.82. The van der Waals surface area contributed by atoms with Gasteiger partial charge in [0.25, 0.3) is 0 Å². The molecule has 0 bridgehead atoms. The average Bonchev–Trinajstić information content (AvgIpc) is 2.92.